The molecular formula is C16H22N2O. The first-order valence-electron chi connectivity index (χ1n) is 6.66. The van der Waals surface area contributed by atoms with Crippen LogP contribution < -0.4 is 5.32 Å². The highest BCUT2D eigenvalue weighted by Gasteiger charge is 2.17. The Balaban J connectivity index is 2.30. The van der Waals surface area contributed by atoms with Crippen LogP contribution in [0.5, 0.6) is 0 Å². The predicted octanol–water partition coefficient (Wildman–Crippen LogP) is 3.31. The number of likely N-dealkylation sites (N-methyl/N-ethyl adjacent to an activating group) is 1. The quantitative estimate of drug-likeness (QED) is 0.913. The molecule has 0 aliphatic carbocycles. The summed E-state index contributed by atoms with van der Waals surface area (Å²) in [5, 5.41) is 4.51. The fraction of sp³-hybridized carbons (Fsp3) is 0.438. The van der Waals surface area contributed by atoms with Crippen LogP contribution >= 0.6 is 0 Å². The summed E-state index contributed by atoms with van der Waals surface area (Å²) in [6.07, 6.45) is 1.83. The summed E-state index contributed by atoms with van der Waals surface area (Å²) in [6.45, 7) is 6.87. The first kappa shape index (κ1) is 14.0. The van der Waals surface area contributed by atoms with Crippen LogP contribution in [0, 0.1) is 0 Å². The van der Waals surface area contributed by atoms with Crippen molar-refractivity contribution in [3.63, 3.8) is 0 Å². The zero-order valence-electron chi connectivity index (χ0n) is 12.1. The van der Waals surface area contributed by atoms with Crippen molar-refractivity contribution in [3.05, 3.63) is 42.1 Å². The maximum atomic E-state index is 5.90. The van der Waals surface area contributed by atoms with E-state index in [4.69, 9.17) is 4.74 Å². The first-order chi connectivity index (χ1) is 9.01. The molecule has 1 aromatic carbocycles. The van der Waals surface area contributed by atoms with Crippen molar-refractivity contribution in [3.8, 4) is 0 Å². The van der Waals surface area contributed by atoms with Gasteiger partial charge in [-0.1, -0.05) is 18.2 Å². The predicted molar refractivity (Wildman–Crippen MR) is 79.2 cm³/mol. The Hall–Kier alpha value is -1.45. The largest absolute Gasteiger partial charge is 0.374 e. The maximum absolute atomic E-state index is 5.90. The molecule has 1 atom stereocenters. The van der Waals surface area contributed by atoms with Gasteiger partial charge < -0.3 is 10.1 Å². The van der Waals surface area contributed by atoms with Crippen LogP contribution in [0.25, 0.3) is 10.9 Å². The van der Waals surface area contributed by atoms with Gasteiger partial charge in [0.15, 0.2) is 0 Å². The van der Waals surface area contributed by atoms with E-state index in [2.05, 4.69) is 43.2 Å². The molecule has 0 bridgehead atoms. The van der Waals surface area contributed by atoms with E-state index in [1.807, 2.05) is 31.4 Å². The Morgan fingerprint density at radius 1 is 1.21 bits per heavy atom. The molecule has 0 amide bonds. The molecule has 1 N–H and O–H groups in total. The van der Waals surface area contributed by atoms with E-state index in [9.17, 15) is 0 Å². The maximum Gasteiger partial charge on any atom is 0.0705 e. The number of rotatable bonds is 4. The minimum absolute atomic E-state index is 0.127. The molecule has 2 rings (SSSR count). The molecule has 0 aliphatic rings. The Kier molecular flexibility index (Phi) is 4.17. The molecule has 3 nitrogen and oxygen atoms in total. The third-order valence-corrected chi connectivity index (χ3v) is 3.09. The molecule has 2 aromatic rings. The second-order valence-corrected chi connectivity index (χ2v) is 5.68. The number of fused-ring (bicyclic) bond motifs is 1. The summed E-state index contributed by atoms with van der Waals surface area (Å²) in [5.41, 5.74) is 2.13. The summed E-state index contributed by atoms with van der Waals surface area (Å²) in [6, 6.07) is 10.5. The highest BCUT2D eigenvalue weighted by atomic mass is 16.5. The average molecular weight is 258 g/mol. The molecule has 19 heavy (non-hydrogen) atoms. The van der Waals surface area contributed by atoms with Crippen molar-refractivity contribution < 1.29 is 4.74 Å². The van der Waals surface area contributed by atoms with E-state index < -0.39 is 0 Å². The van der Waals surface area contributed by atoms with Crippen molar-refractivity contribution >= 4 is 10.9 Å². The number of aromatic nitrogens is 1. The molecule has 0 radical (unpaired) electrons. The Morgan fingerprint density at radius 2 is 2.00 bits per heavy atom. The van der Waals surface area contributed by atoms with Crippen molar-refractivity contribution in [2.75, 3.05) is 13.7 Å². The molecule has 0 saturated heterocycles. The van der Waals surface area contributed by atoms with Crippen LogP contribution in [0.2, 0.25) is 0 Å². The van der Waals surface area contributed by atoms with Gasteiger partial charge in [-0.3, -0.25) is 4.98 Å². The molecule has 1 aromatic heterocycles. The lowest BCUT2D eigenvalue weighted by Gasteiger charge is -2.25. The van der Waals surface area contributed by atoms with E-state index in [1.54, 1.807) is 0 Å². The van der Waals surface area contributed by atoms with Gasteiger partial charge in [0.1, 0.15) is 0 Å². The SMILES string of the molecule is CNC(COC(C)(C)C)c1cccc2ncccc12. The van der Waals surface area contributed by atoms with Gasteiger partial charge in [-0.2, -0.15) is 0 Å². The molecule has 102 valence electrons. The van der Waals surface area contributed by atoms with Crippen LogP contribution in [-0.2, 0) is 4.74 Å². The first-order valence-corrected chi connectivity index (χ1v) is 6.66. The summed E-state index contributed by atoms with van der Waals surface area (Å²) >= 11 is 0. The van der Waals surface area contributed by atoms with Gasteiger partial charge in [0.25, 0.3) is 0 Å². The lowest BCUT2D eigenvalue weighted by molar-refractivity contribution is -0.0137. The van der Waals surface area contributed by atoms with Crippen molar-refractivity contribution in [2.45, 2.75) is 32.4 Å². The molecule has 1 heterocycles. The Bertz CT molecular complexity index is 540. The number of nitrogens with one attached hydrogen (secondary N) is 1. The number of benzene rings is 1. The molecule has 0 aliphatic heterocycles. The lowest BCUT2D eigenvalue weighted by Crippen LogP contribution is -2.28. The fourth-order valence-electron chi connectivity index (χ4n) is 2.09. The van der Waals surface area contributed by atoms with Gasteiger partial charge in [-0.05, 0) is 45.5 Å². The van der Waals surface area contributed by atoms with E-state index >= 15 is 0 Å². The van der Waals surface area contributed by atoms with Crippen LogP contribution in [0.3, 0.4) is 0 Å². The number of ether oxygens (including phenoxy) is 1. The van der Waals surface area contributed by atoms with E-state index in [0.29, 0.717) is 6.61 Å². The zero-order chi connectivity index (χ0) is 13.9. The summed E-state index contributed by atoms with van der Waals surface area (Å²) < 4.78 is 5.90. The molecule has 3 heteroatoms. The number of nitrogens with zero attached hydrogens (tertiary/aromatic N) is 1. The van der Waals surface area contributed by atoms with Gasteiger partial charge in [0, 0.05) is 11.6 Å². The standard InChI is InChI=1S/C16H22N2O/c1-16(2,3)19-11-15(17-4)13-7-5-9-14-12(13)8-6-10-18-14/h5-10,15,17H,11H2,1-4H3. The highest BCUT2D eigenvalue weighted by Crippen LogP contribution is 2.24. The van der Waals surface area contributed by atoms with E-state index in [1.165, 1.54) is 10.9 Å². The molecular weight excluding hydrogens is 236 g/mol. The monoisotopic (exact) mass is 258 g/mol. The molecule has 0 saturated carbocycles. The summed E-state index contributed by atoms with van der Waals surface area (Å²) in [5.74, 6) is 0. The Labute approximate surface area is 115 Å². The van der Waals surface area contributed by atoms with Gasteiger partial charge in [-0.25, -0.2) is 0 Å². The molecule has 0 fully saturated rings. The number of hydrogen-bond donors (Lipinski definition) is 1. The second-order valence-electron chi connectivity index (χ2n) is 5.68. The van der Waals surface area contributed by atoms with Crippen molar-refractivity contribution in [1.82, 2.24) is 10.3 Å². The molecule has 1 unspecified atom stereocenters. The smallest absolute Gasteiger partial charge is 0.0705 e. The van der Waals surface area contributed by atoms with Crippen LogP contribution in [0.1, 0.15) is 32.4 Å². The minimum atomic E-state index is -0.127. The van der Waals surface area contributed by atoms with E-state index in [-0.39, 0.29) is 11.6 Å². The van der Waals surface area contributed by atoms with Crippen molar-refractivity contribution in [1.29, 1.82) is 0 Å². The second kappa shape index (κ2) is 5.68. The van der Waals surface area contributed by atoms with Gasteiger partial charge in [0.05, 0.1) is 23.8 Å². The lowest BCUT2D eigenvalue weighted by atomic mass is 10.0. The minimum Gasteiger partial charge on any atom is -0.374 e. The third-order valence-electron chi connectivity index (χ3n) is 3.09. The normalized spacial score (nSPS) is 13.7. The van der Waals surface area contributed by atoms with Gasteiger partial charge >= 0.3 is 0 Å². The van der Waals surface area contributed by atoms with Gasteiger partial charge in [0.2, 0.25) is 0 Å². The topological polar surface area (TPSA) is 34.1 Å². The van der Waals surface area contributed by atoms with Crippen LogP contribution in [-0.4, -0.2) is 24.2 Å². The van der Waals surface area contributed by atoms with Gasteiger partial charge in [-0.15, -0.1) is 0 Å². The third kappa shape index (κ3) is 3.52. The number of hydrogen-bond acceptors (Lipinski definition) is 3. The molecule has 0 spiro atoms. The van der Waals surface area contributed by atoms with Crippen LogP contribution in [0.15, 0.2) is 36.5 Å². The average Bonchev–Trinajstić information content (AvgIpc) is 2.38. The summed E-state index contributed by atoms with van der Waals surface area (Å²) in [4.78, 5) is 4.40. The van der Waals surface area contributed by atoms with Crippen LogP contribution in [0.4, 0.5) is 0 Å². The van der Waals surface area contributed by atoms with E-state index in [0.717, 1.165) is 5.52 Å². The Morgan fingerprint density at radius 3 is 2.68 bits per heavy atom. The fourth-order valence-corrected chi connectivity index (χ4v) is 2.09. The summed E-state index contributed by atoms with van der Waals surface area (Å²) in [7, 11) is 1.96. The van der Waals surface area contributed by atoms with Crippen molar-refractivity contribution in [2.24, 2.45) is 0 Å². The highest BCUT2D eigenvalue weighted by molar-refractivity contribution is 5.82. The zero-order valence-corrected chi connectivity index (χ0v) is 12.1. The number of pyridine rings is 1.